The van der Waals surface area contributed by atoms with E-state index in [9.17, 15) is 19.2 Å². The van der Waals surface area contributed by atoms with Gasteiger partial charge < -0.3 is 9.47 Å². The lowest BCUT2D eigenvalue weighted by molar-refractivity contribution is -0.141. The van der Waals surface area contributed by atoms with E-state index in [0.717, 1.165) is 12.2 Å². The first-order valence-corrected chi connectivity index (χ1v) is 8.11. The molecule has 0 radical (unpaired) electrons. The third kappa shape index (κ3) is 6.89. The minimum atomic E-state index is -0.533. The van der Waals surface area contributed by atoms with Crippen LogP contribution in [0, 0.1) is 11.8 Å². The molecule has 0 atom stereocenters. The molecular weight excluding hydrogens is 312 g/mol. The Balaban J connectivity index is 2.25. The molecule has 1 saturated carbocycles. The van der Waals surface area contributed by atoms with Crippen LogP contribution in [-0.4, -0.2) is 36.7 Å². The Morgan fingerprint density at radius 1 is 0.750 bits per heavy atom. The number of carbonyl (C=O) groups is 4. The van der Waals surface area contributed by atoms with Crippen LogP contribution < -0.4 is 0 Å². The van der Waals surface area contributed by atoms with Gasteiger partial charge in [-0.15, -0.1) is 0 Å². The summed E-state index contributed by atoms with van der Waals surface area (Å²) in [7, 11) is 0. The van der Waals surface area contributed by atoms with Gasteiger partial charge in [-0.3, -0.25) is 9.59 Å². The second-order valence-corrected chi connectivity index (χ2v) is 5.72. The van der Waals surface area contributed by atoms with Crippen molar-refractivity contribution in [1.29, 1.82) is 0 Å². The molecule has 0 saturated heterocycles. The number of ketones is 2. The summed E-state index contributed by atoms with van der Waals surface area (Å²) in [5.41, 5.74) is 0. The highest BCUT2D eigenvalue weighted by Crippen LogP contribution is 2.31. The molecule has 0 N–H and O–H groups in total. The molecule has 0 amide bonds. The van der Waals surface area contributed by atoms with Gasteiger partial charge in [0, 0.05) is 36.8 Å². The van der Waals surface area contributed by atoms with E-state index in [1.54, 1.807) is 0 Å². The van der Waals surface area contributed by atoms with Crippen LogP contribution in [0.25, 0.3) is 0 Å². The number of esters is 2. The largest absolute Gasteiger partial charge is 0.462 e. The fourth-order valence-electron chi connectivity index (χ4n) is 2.77. The summed E-state index contributed by atoms with van der Waals surface area (Å²) in [6, 6.07) is 0. The molecule has 132 valence electrons. The molecule has 0 spiro atoms. The Labute approximate surface area is 141 Å². The van der Waals surface area contributed by atoms with E-state index in [1.807, 2.05) is 0 Å². The zero-order valence-electron chi connectivity index (χ0n) is 13.8. The van der Waals surface area contributed by atoms with Crippen molar-refractivity contribution in [3.63, 3.8) is 0 Å². The molecule has 1 rings (SSSR count). The number of ether oxygens (including phenoxy) is 2. The predicted molar refractivity (Wildman–Crippen MR) is 87.0 cm³/mol. The summed E-state index contributed by atoms with van der Waals surface area (Å²) in [5.74, 6) is -1.08. The van der Waals surface area contributed by atoms with Gasteiger partial charge in [-0.2, -0.15) is 0 Å². The molecule has 0 bridgehead atoms. The molecule has 24 heavy (non-hydrogen) atoms. The van der Waals surface area contributed by atoms with Crippen molar-refractivity contribution in [2.24, 2.45) is 11.8 Å². The van der Waals surface area contributed by atoms with E-state index in [2.05, 4.69) is 13.2 Å². The van der Waals surface area contributed by atoms with Crippen molar-refractivity contribution in [2.75, 3.05) is 13.2 Å². The molecule has 0 aliphatic heterocycles. The molecule has 0 unspecified atom stereocenters. The van der Waals surface area contributed by atoms with Crippen molar-refractivity contribution in [3.05, 3.63) is 25.3 Å². The highest BCUT2D eigenvalue weighted by atomic mass is 16.5. The molecule has 6 heteroatoms. The van der Waals surface area contributed by atoms with Gasteiger partial charge in [0.15, 0.2) is 0 Å². The summed E-state index contributed by atoms with van der Waals surface area (Å²) in [4.78, 5) is 45.9. The zero-order valence-corrected chi connectivity index (χ0v) is 13.8. The molecule has 1 aliphatic carbocycles. The Morgan fingerprint density at radius 2 is 1.08 bits per heavy atom. The van der Waals surface area contributed by atoms with Gasteiger partial charge in [0.2, 0.25) is 0 Å². The minimum absolute atomic E-state index is 0.0667. The zero-order chi connectivity index (χ0) is 17.9. The third-order valence-corrected chi connectivity index (χ3v) is 4.16. The SMILES string of the molecule is C=CC(=O)OCCC(=O)C1CCC(C(=O)CCOC(=O)C=C)CC1. The average molecular weight is 336 g/mol. The fraction of sp³-hybridized carbons (Fsp3) is 0.556. The van der Waals surface area contributed by atoms with Crippen LogP contribution in [0.1, 0.15) is 38.5 Å². The lowest BCUT2D eigenvalue weighted by Crippen LogP contribution is -2.27. The van der Waals surface area contributed by atoms with Gasteiger partial charge in [0.05, 0.1) is 13.2 Å². The van der Waals surface area contributed by atoms with Gasteiger partial charge in [0.1, 0.15) is 11.6 Å². The van der Waals surface area contributed by atoms with E-state index < -0.39 is 11.9 Å². The van der Waals surface area contributed by atoms with Crippen LogP contribution in [0.3, 0.4) is 0 Å². The first-order chi connectivity index (χ1) is 11.5. The molecule has 0 aromatic rings. The van der Waals surface area contributed by atoms with Gasteiger partial charge in [0.25, 0.3) is 0 Å². The maximum atomic E-state index is 12.1. The van der Waals surface area contributed by atoms with E-state index in [1.165, 1.54) is 0 Å². The topological polar surface area (TPSA) is 86.7 Å². The van der Waals surface area contributed by atoms with Crippen LogP contribution in [0.2, 0.25) is 0 Å². The van der Waals surface area contributed by atoms with Crippen LogP contribution >= 0.6 is 0 Å². The fourth-order valence-corrected chi connectivity index (χ4v) is 2.77. The Kier molecular flexibility index (Phi) is 8.68. The summed E-state index contributed by atoms with van der Waals surface area (Å²) in [6.45, 7) is 6.70. The predicted octanol–water partition coefficient (Wildman–Crippen LogP) is 2.17. The quantitative estimate of drug-likeness (QED) is 0.449. The second kappa shape index (κ2) is 10.5. The highest BCUT2D eigenvalue weighted by molar-refractivity contribution is 5.85. The Morgan fingerprint density at radius 3 is 1.38 bits per heavy atom. The standard InChI is InChI=1S/C18H24O6/c1-3-17(21)23-11-9-15(19)13-5-7-14(8-6-13)16(20)10-12-24-18(22)4-2/h3-4,13-14H,1-2,5-12H2. The number of Topliss-reactive ketones (excluding diaryl/α,β-unsaturated/α-hetero) is 2. The molecule has 0 aromatic heterocycles. The van der Waals surface area contributed by atoms with Gasteiger partial charge in [-0.05, 0) is 25.7 Å². The molecular formula is C18H24O6. The maximum absolute atomic E-state index is 12.1. The summed E-state index contributed by atoms with van der Waals surface area (Å²) < 4.78 is 9.61. The van der Waals surface area contributed by atoms with E-state index in [4.69, 9.17) is 9.47 Å². The Hall–Kier alpha value is -2.24. The van der Waals surface area contributed by atoms with E-state index in [0.29, 0.717) is 25.7 Å². The Bertz CT molecular complexity index is 454. The molecule has 1 fully saturated rings. The van der Waals surface area contributed by atoms with Crippen molar-refractivity contribution in [2.45, 2.75) is 38.5 Å². The molecule has 0 heterocycles. The van der Waals surface area contributed by atoms with E-state index in [-0.39, 0.29) is 49.5 Å². The first kappa shape index (κ1) is 19.8. The number of hydrogen-bond acceptors (Lipinski definition) is 6. The lowest BCUT2D eigenvalue weighted by atomic mass is 9.77. The van der Waals surface area contributed by atoms with Crippen LogP contribution in [-0.2, 0) is 28.7 Å². The lowest BCUT2D eigenvalue weighted by Gasteiger charge is -2.26. The summed E-state index contributed by atoms with van der Waals surface area (Å²) >= 11 is 0. The maximum Gasteiger partial charge on any atom is 0.330 e. The van der Waals surface area contributed by atoms with Crippen molar-refractivity contribution < 1.29 is 28.7 Å². The molecule has 6 nitrogen and oxygen atoms in total. The van der Waals surface area contributed by atoms with E-state index >= 15 is 0 Å². The van der Waals surface area contributed by atoms with Crippen LogP contribution in [0.15, 0.2) is 25.3 Å². The van der Waals surface area contributed by atoms with Gasteiger partial charge in [-0.25, -0.2) is 9.59 Å². The smallest absolute Gasteiger partial charge is 0.330 e. The summed E-state index contributed by atoms with van der Waals surface area (Å²) in [5, 5.41) is 0. The minimum Gasteiger partial charge on any atom is -0.462 e. The normalized spacial score (nSPS) is 19.8. The second-order valence-electron chi connectivity index (χ2n) is 5.72. The average Bonchev–Trinajstić information content (AvgIpc) is 2.61. The van der Waals surface area contributed by atoms with Gasteiger partial charge in [-0.1, -0.05) is 13.2 Å². The molecule has 1 aliphatic rings. The van der Waals surface area contributed by atoms with Crippen molar-refractivity contribution >= 4 is 23.5 Å². The first-order valence-electron chi connectivity index (χ1n) is 8.11. The number of carbonyl (C=O) groups excluding carboxylic acids is 4. The van der Waals surface area contributed by atoms with Crippen LogP contribution in [0.4, 0.5) is 0 Å². The molecule has 0 aromatic carbocycles. The highest BCUT2D eigenvalue weighted by Gasteiger charge is 2.29. The van der Waals surface area contributed by atoms with Gasteiger partial charge >= 0.3 is 11.9 Å². The monoisotopic (exact) mass is 336 g/mol. The number of rotatable bonds is 10. The third-order valence-electron chi connectivity index (χ3n) is 4.16. The van der Waals surface area contributed by atoms with Crippen molar-refractivity contribution in [3.8, 4) is 0 Å². The number of hydrogen-bond donors (Lipinski definition) is 0. The van der Waals surface area contributed by atoms with Crippen molar-refractivity contribution in [1.82, 2.24) is 0 Å². The summed E-state index contributed by atoms with van der Waals surface area (Å²) in [6.07, 6.45) is 5.17. The van der Waals surface area contributed by atoms with Crippen LogP contribution in [0.5, 0.6) is 0 Å².